The third-order valence-corrected chi connectivity index (χ3v) is 5.20. The summed E-state index contributed by atoms with van der Waals surface area (Å²) in [6.07, 6.45) is 3.86. The number of rotatable bonds is 7. The predicted octanol–water partition coefficient (Wildman–Crippen LogP) is 0.246. The van der Waals surface area contributed by atoms with Gasteiger partial charge in [0.1, 0.15) is 4.90 Å². The van der Waals surface area contributed by atoms with Gasteiger partial charge >= 0.3 is 0 Å². The smallest absolute Gasteiger partial charge is 0.245 e. The van der Waals surface area contributed by atoms with E-state index in [0.29, 0.717) is 19.1 Å². The second kappa shape index (κ2) is 5.71. The molecule has 114 valence electrons. The zero-order chi connectivity index (χ0) is 14.9. The molecule has 1 aromatic rings. The van der Waals surface area contributed by atoms with Gasteiger partial charge in [-0.1, -0.05) is 0 Å². The molecule has 0 bridgehead atoms. The summed E-state index contributed by atoms with van der Waals surface area (Å²) in [7, 11) is -1.57. The van der Waals surface area contributed by atoms with Crippen LogP contribution in [-0.4, -0.2) is 48.8 Å². The zero-order valence-corrected chi connectivity index (χ0v) is 13.0. The Bertz CT molecular complexity index is 564. The van der Waals surface area contributed by atoms with Crippen molar-refractivity contribution >= 4 is 15.8 Å². The maximum absolute atomic E-state index is 12.2. The number of nitrogen functional groups attached to an aromatic ring is 1. The number of nitrogens with zero attached hydrogens (tertiary/aromatic N) is 3. The first-order valence-electron chi connectivity index (χ1n) is 6.89. The summed E-state index contributed by atoms with van der Waals surface area (Å²) in [4.78, 5) is 2.27. The third kappa shape index (κ3) is 3.31. The van der Waals surface area contributed by atoms with Gasteiger partial charge in [-0.3, -0.25) is 9.58 Å². The van der Waals surface area contributed by atoms with E-state index in [1.807, 2.05) is 20.9 Å². The minimum Gasteiger partial charge on any atom is -0.381 e. The molecule has 1 aliphatic rings. The van der Waals surface area contributed by atoms with Crippen LogP contribution in [-0.2, 0) is 16.6 Å². The highest BCUT2D eigenvalue weighted by Crippen LogP contribution is 2.26. The summed E-state index contributed by atoms with van der Waals surface area (Å²) in [6.45, 7) is 4.84. The van der Waals surface area contributed by atoms with Gasteiger partial charge in [-0.25, -0.2) is 13.1 Å². The molecule has 3 N–H and O–H groups in total. The lowest BCUT2D eigenvalue weighted by Crippen LogP contribution is -2.41. The molecule has 0 radical (unpaired) electrons. The molecule has 1 fully saturated rings. The number of nitrogens with two attached hydrogens (primary N) is 1. The fourth-order valence-electron chi connectivity index (χ4n) is 2.08. The van der Waals surface area contributed by atoms with Gasteiger partial charge in [-0.2, -0.15) is 5.10 Å². The molecule has 0 saturated heterocycles. The minimum absolute atomic E-state index is 0.0440. The van der Waals surface area contributed by atoms with Gasteiger partial charge in [-0.15, -0.1) is 0 Å². The summed E-state index contributed by atoms with van der Waals surface area (Å²) in [5.74, 6) is 0.0440. The molecule has 0 amide bonds. The molecule has 1 atom stereocenters. The highest BCUT2D eigenvalue weighted by molar-refractivity contribution is 7.89. The van der Waals surface area contributed by atoms with Crippen molar-refractivity contribution in [2.75, 3.05) is 19.3 Å². The van der Waals surface area contributed by atoms with Crippen LogP contribution in [0, 0.1) is 0 Å². The van der Waals surface area contributed by atoms with E-state index in [1.165, 1.54) is 23.7 Å². The summed E-state index contributed by atoms with van der Waals surface area (Å²) in [6, 6.07) is 0.752. The number of aryl methyl sites for hydroxylation is 1. The second-order valence-electron chi connectivity index (χ2n) is 5.33. The minimum atomic E-state index is -3.60. The number of anilines is 1. The van der Waals surface area contributed by atoms with Crippen LogP contribution in [0.25, 0.3) is 0 Å². The highest BCUT2D eigenvalue weighted by Gasteiger charge is 2.30. The highest BCUT2D eigenvalue weighted by atomic mass is 32.2. The van der Waals surface area contributed by atoms with Crippen molar-refractivity contribution in [3.8, 4) is 0 Å². The van der Waals surface area contributed by atoms with Crippen LogP contribution in [0.3, 0.4) is 0 Å². The average molecular weight is 301 g/mol. The maximum atomic E-state index is 12.2. The van der Waals surface area contributed by atoms with Crippen molar-refractivity contribution in [2.45, 2.75) is 50.2 Å². The molecule has 20 heavy (non-hydrogen) atoms. The molecule has 1 heterocycles. The second-order valence-corrected chi connectivity index (χ2v) is 7.07. The zero-order valence-electron chi connectivity index (χ0n) is 12.2. The molecule has 0 aliphatic heterocycles. The summed E-state index contributed by atoms with van der Waals surface area (Å²) < 4.78 is 28.6. The number of likely N-dealkylation sites (N-methyl/N-ethyl adjacent to an activating group) is 1. The maximum Gasteiger partial charge on any atom is 0.245 e. The number of nitrogens with one attached hydrogen (secondary N) is 1. The first-order chi connectivity index (χ1) is 9.35. The third-order valence-electron chi connectivity index (χ3n) is 3.76. The van der Waals surface area contributed by atoms with E-state index in [-0.39, 0.29) is 16.8 Å². The van der Waals surface area contributed by atoms with Gasteiger partial charge in [0, 0.05) is 31.4 Å². The predicted molar refractivity (Wildman–Crippen MR) is 77.7 cm³/mol. The molecular formula is C12H23N5O2S. The Labute approximate surface area is 120 Å². The Hall–Kier alpha value is -1.12. The van der Waals surface area contributed by atoms with Crippen molar-refractivity contribution in [2.24, 2.45) is 0 Å². The number of aromatic nitrogens is 2. The molecule has 7 nitrogen and oxygen atoms in total. The lowest BCUT2D eigenvalue weighted by molar-refractivity contribution is 0.248. The van der Waals surface area contributed by atoms with Crippen molar-refractivity contribution < 1.29 is 8.42 Å². The Morgan fingerprint density at radius 3 is 2.75 bits per heavy atom. The van der Waals surface area contributed by atoms with E-state index in [2.05, 4.69) is 14.7 Å². The van der Waals surface area contributed by atoms with Gasteiger partial charge in [0.05, 0.1) is 0 Å². The molecular weight excluding hydrogens is 278 g/mol. The van der Waals surface area contributed by atoms with Crippen LogP contribution in [0.1, 0.15) is 26.7 Å². The number of hydrogen-bond donors (Lipinski definition) is 2. The normalized spacial score (nSPS) is 17.6. The van der Waals surface area contributed by atoms with E-state index < -0.39 is 10.0 Å². The lowest BCUT2D eigenvalue weighted by Gasteiger charge is -2.24. The Morgan fingerprint density at radius 1 is 1.60 bits per heavy atom. The fraction of sp³-hybridized carbons (Fsp3) is 0.750. The summed E-state index contributed by atoms with van der Waals surface area (Å²) >= 11 is 0. The van der Waals surface area contributed by atoms with Crippen LogP contribution >= 0.6 is 0 Å². The topological polar surface area (TPSA) is 93.2 Å². The molecule has 1 aromatic heterocycles. The van der Waals surface area contributed by atoms with Crippen LogP contribution in [0.5, 0.6) is 0 Å². The van der Waals surface area contributed by atoms with E-state index in [1.54, 1.807) is 0 Å². The summed E-state index contributed by atoms with van der Waals surface area (Å²) in [5, 5.41) is 3.96. The van der Waals surface area contributed by atoms with Gasteiger partial charge in [0.15, 0.2) is 5.82 Å². The molecule has 8 heteroatoms. The van der Waals surface area contributed by atoms with Gasteiger partial charge in [-0.05, 0) is 33.7 Å². The lowest BCUT2D eigenvalue weighted by atomic mass is 10.3. The van der Waals surface area contributed by atoms with E-state index in [9.17, 15) is 8.42 Å². The Balaban J connectivity index is 2.01. The standard InChI is InChI=1S/C12H23N5O2S/c1-4-17-8-11(12(13)15-17)20(18,19)14-7-9(2)16(3)10-5-6-10/h8-10,14H,4-7H2,1-3H3,(H2,13,15). The molecule has 1 unspecified atom stereocenters. The molecule has 1 aliphatic carbocycles. The first kappa shape index (κ1) is 15.3. The van der Waals surface area contributed by atoms with Crippen molar-refractivity contribution in [1.82, 2.24) is 19.4 Å². The van der Waals surface area contributed by atoms with E-state index >= 15 is 0 Å². The molecule has 0 spiro atoms. The van der Waals surface area contributed by atoms with Crippen molar-refractivity contribution in [1.29, 1.82) is 0 Å². The molecule has 2 rings (SSSR count). The van der Waals surface area contributed by atoms with E-state index in [4.69, 9.17) is 5.73 Å². The first-order valence-corrected chi connectivity index (χ1v) is 8.38. The Morgan fingerprint density at radius 2 is 2.25 bits per heavy atom. The van der Waals surface area contributed by atoms with Crippen LogP contribution in [0.4, 0.5) is 5.82 Å². The van der Waals surface area contributed by atoms with Crippen molar-refractivity contribution in [3.05, 3.63) is 6.20 Å². The largest absolute Gasteiger partial charge is 0.381 e. The molecule has 1 saturated carbocycles. The average Bonchev–Trinajstić information content (AvgIpc) is 3.17. The van der Waals surface area contributed by atoms with Crippen LogP contribution < -0.4 is 10.5 Å². The van der Waals surface area contributed by atoms with Crippen molar-refractivity contribution in [3.63, 3.8) is 0 Å². The van der Waals surface area contributed by atoms with Gasteiger partial charge in [0.25, 0.3) is 0 Å². The molecule has 0 aromatic carbocycles. The van der Waals surface area contributed by atoms with Crippen LogP contribution in [0.2, 0.25) is 0 Å². The van der Waals surface area contributed by atoms with E-state index in [0.717, 1.165) is 0 Å². The van der Waals surface area contributed by atoms with Crippen LogP contribution in [0.15, 0.2) is 11.1 Å². The monoisotopic (exact) mass is 301 g/mol. The van der Waals surface area contributed by atoms with Gasteiger partial charge < -0.3 is 5.73 Å². The SMILES string of the molecule is CCn1cc(S(=O)(=O)NCC(C)N(C)C2CC2)c(N)n1. The van der Waals surface area contributed by atoms with Gasteiger partial charge in [0.2, 0.25) is 10.0 Å². The fourth-order valence-corrected chi connectivity index (χ4v) is 3.27. The number of hydrogen-bond acceptors (Lipinski definition) is 5. The number of sulfonamides is 1. The Kier molecular flexibility index (Phi) is 4.36. The quantitative estimate of drug-likeness (QED) is 0.753. The summed E-state index contributed by atoms with van der Waals surface area (Å²) in [5.41, 5.74) is 5.67.